The Hall–Kier alpha value is -4.06. The van der Waals surface area contributed by atoms with E-state index in [4.69, 9.17) is 4.74 Å². The molecule has 0 aliphatic rings. The molecule has 0 heterocycles. The van der Waals surface area contributed by atoms with E-state index < -0.39 is 24.0 Å². The Morgan fingerprint density at radius 3 is 1.37 bits per heavy atom. The van der Waals surface area contributed by atoms with Crippen molar-refractivity contribution in [3.05, 3.63) is 135 Å². The number of Topliss-reactive ketones (excluding diaryl/α,β-unsaturated/α-hetero) is 1. The molecule has 0 aliphatic carbocycles. The zero-order valence-corrected chi connectivity index (χ0v) is 24.9. The maximum absolute atomic E-state index is 12.5. The van der Waals surface area contributed by atoms with Gasteiger partial charge in [0.15, 0.2) is 0 Å². The zero-order chi connectivity index (χ0) is 30.3. The van der Waals surface area contributed by atoms with Crippen LogP contribution in [-0.4, -0.2) is 22.0 Å². The van der Waals surface area contributed by atoms with Crippen LogP contribution in [-0.2, 0) is 4.79 Å². The van der Waals surface area contributed by atoms with Gasteiger partial charge in [0.05, 0.1) is 12.2 Å². The average molecular weight is 553 g/mol. The molecule has 4 aromatic carbocycles. The normalized spacial score (nSPS) is 12.9. The molecule has 0 bridgehead atoms. The summed E-state index contributed by atoms with van der Waals surface area (Å²) in [5, 5.41) is 20.5. The first-order valence-corrected chi connectivity index (χ1v) is 13.8. The fraction of sp³-hybridized carbons (Fsp3) is 0.278. The number of benzene rings is 4. The molecule has 0 saturated carbocycles. The molecule has 0 amide bonds. The third kappa shape index (κ3) is 8.00. The van der Waals surface area contributed by atoms with Crippen LogP contribution in [0.25, 0.3) is 0 Å². The van der Waals surface area contributed by atoms with Gasteiger partial charge in [0.25, 0.3) is 5.78 Å². The lowest BCUT2D eigenvalue weighted by Gasteiger charge is -2.24. The summed E-state index contributed by atoms with van der Waals surface area (Å²) in [5.41, 5.74) is 7.54. The van der Waals surface area contributed by atoms with Crippen LogP contribution >= 0.6 is 0 Å². The number of carbonyl (C=O) groups is 2. The molecule has 214 valence electrons. The number of aliphatic hydroxyl groups is 2. The summed E-state index contributed by atoms with van der Waals surface area (Å²) in [6.45, 7) is 13.2. The predicted molar refractivity (Wildman–Crippen MR) is 163 cm³/mol. The Balaban J connectivity index is 0.000000232. The second kappa shape index (κ2) is 14.0. The van der Waals surface area contributed by atoms with E-state index in [0.717, 1.165) is 44.5 Å². The Labute approximate surface area is 243 Å². The topological polar surface area (TPSA) is 83.8 Å². The number of ketones is 1. The lowest BCUT2D eigenvalue weighted by atomic mass is 9.89. The minimum absolute atomic E-state index is 0.255. The molecule has 5 nitrogen and oxygen atoms in total. The highest BCUT2D eigenvalue weighted by Crippen LogP contribution is 2.32. The molecule has 4 aromatic rings. The third-order valence-electron chi connectivity index (χ3n) is 7.17. The molecule has 2 unspecified atom stereocenters. The molecular weight excluding hydrogens is 512 g/mol. The zero-order valence-electron chi connectivity index (χ0n) is 24.9. The van der Waals surface area contributed by atoms with E-state index in [1.54, 1.807) is 0 Å². The molecular formula is C36H40O5. The van der Waals surface area contributed by atoms with Crippen LogP contribution in [0.2, 0.25) is 0 Å². The number of ether oxygens (including phenoxy) is 1. The summed E-state index contributed by atoms with van der Waals surface area (Å²) in [6, 6.07) is 26.5. The standard InChI is InChI=1S/C20H22O3.C16H18O2/c1-11-7-13(3)17(14(4)8-11)18(21)20(22)23-19-15(5)9-12(2)10-16(19)6;1-12(15(17)13-8-4-2-5-9-13)16(18)14-10-6-3-7-11-14/h7-10H,1-6H3;2-12,15-18H,1H3. The van der Waals surface area contributed by atoms with Gasteiger partial charge in [-0.15, -0.1) is 0 Å². The molecule has 2 atom stereocenters. The first-order valence-electron chi connectivity index (χ1n) is 13.8. The van der Waals surface area contributed by atoms with Gasteiger partial charge >= 0.3 is 5.97 Å². The number of carbonyl (C=O) groups excluding carboxylic acids is 2. The molecule has 0 aliphatic heterocycles. The summed E-state index contributed by atoms with van der Waals surface area (Å²) < 4.78 is 5.40. The highest BCUT2D eigenvalue weighted by molar-refractivity contribution is 6.41. The second-order valence-corrected chi connectivity index (χ2v) is 10.8. The molecule has 5 heteroatoms. The van der Waals surface area contributed by atoms with Crippen LogP contribution in [0.3, 0.4) is 0 Å². The van der Waals surface area contributed by atoms with Gasteiger partial charge in [0, 0.05) is 11.5 Å². The predicted octanol–water partition coefficient (Wildman–Crippen LogP) is 7.42. The van der Waals surface area contributed by atoms with E-state index in [-0.39, 0.29) is 5.92 Å². The van der Waals surface area contributed by atoms with Crippen LogP contribution in [0.5, 0.6) is 5.75 Å². The number of hydrogen-bond acceptors (Lipinski definition) is 5. The maximum atomic E-state index is 12.5. The van der Waals surface area contributed by atoms with Gasteiger partial charge in [0.1, 0.15) is 5.75 Å². The van der Waals surface area contributed by atoms with Crippen molar-refractivity contribution in [2.45, 2.75) is 60.7 Å². The monoisotopic (exact) mass is 552 g/mol. The lowest BCUT2D eigenvalue weighted by Crippen LogP contribution is -2.23. The van der Waals surface area contributed by atoms with Crippen LogP contribution in [0.15, 0.2) is 84.9 Å². The van der Waals surface area contributed by atoms with Crippen molar-refractivity contribution < 1.29 is 24.5 Å². The van der Waals surface area contributed by atoms with E-state index in [1.807, 2.05) is 133 Å². The molecule has 4 rings (SSSR count). The average Bonchev–Trinajstić information content (AvgIpc) is 2.94. The molecule has 0 aromatic heterocycles. The van der Waals surface area contributed by atoms with Gasteiger partial charge in [-0.1, -0.05) is 103 Å². The first-order chi connectivity index (χ1) is 19.4. The Bertz CT molecular complexity index is 1400. The third-order valence-corrected chi connectivity index (χ3v) is 7.17. The Morgan fingerprint density at radius 1 is 0.610 bits per heavy atom. The molecule has 0 radical (unpaired) electrons. The molecule has 0 spiro atoms. The summed E-state index contributed by atoms with van der Waals surface area (Å²) in [6.07, 6.45) is -1.33. The summed E-state index contributed by atoms with van der Waals surface area (Å²) in [7, 11) is 0. The number of esters is 1. The first kappa shape index (κ1) is 31.5. The van der Waals surface area contributed by atoms with Crippen molar-refractivity contribution in [1.29, 1.82) is 0 Å². The van der Waals surface area contributed by atoms with Crippen LogP contribution in [0, 0.1) is 47.5 Å². The molecule has 0 fully saturated rings. The summed E-state index contributed by atoms with van der Waals surface area (Å²) in [4.78, 5) is 24.8. The quantitative estimate of drug-likeness (QED) is 0.108. The van der Waals surface area contributed by atoms with Gasteiger partial charge in [-0.05, 0) is 74.9 Å². The van der Waals surface area contributed by atoms with Crippen LogP contribution in [0.1, 0.15) is 74.0 Å². The van der Waals surface area contributed by atoms with Gasteiger partial charge in [0.2, 0.25) is 0 Å². The highest BCUT2D eigenvalue weighted by atomic mass is 16.5. The van der Waals surface area contributed by atoms with Crippen molar-refractivity contribution in [1.82, 2.24) is 0 Å². The largest absolute Gasteiger partial charge is 0.420 e. The smallest absolute Gasteiger partial charge is 0.385 e. The fourth-order valence-corrected chi connectivity index (χ4v) is 5.19. The number of rotatable bonds is 7. The van der Waals surface area contributed by atoms with Gasteiger partial charge in [-0.2, -0.15) is 0 Å². The van der Waals surface area contributed by atoms with Crippen molar-refractivity contribution in [3.63, 3.8) is 0 Å². The Kier molecular flexibility index (Phi) is 10.8. The van der Waals surface area contributed by atoms with E-state index in [1.165, 1.54) is 0 Å². The number of aryl methyl sites for hydroxylation is 6. The van der Waals surface area contributed by atoms with Crippen molar-refractivity contribution in [2.24, 2.45) is 5.92 Å². The summed E-state index contributed by atoms with van der Waals surface area (Å²) in [5.74, 6) is -1.22. The fourth-order valence-electron chi connectivity index (χ4n) is 5.19. The highest BCUT2D eigenvalue weighted by Gasteiger charge is 2.25. The number of hydrogen-bond donors (Lipinski definition) is 2. The lowest BCUT2D eigenvalue weighted by molar-refractivity contribution is -0.129. The van der Waals surface area contributed by atoms with Gasteiger partial charge < -0.3 is 14.9 Å². The minimum atomic E-state index is -0.838. The molecule has 2 N–H and O–H groups in total. The van der Waals surface area contributed by atoms with Crippen molar-refractivity contribution >= 4 is 11.8 Å². The van der Waals surface area contributed by atoms with Crippen LogP contribution < -0.4 is 4.74 Å². The van der Waals surface area contributed by atoms with E-state index in [0.29, 0.717) is 11.3 Å². The van der Waals surface area contributed by atoms with E-state index in [2.05, 4.69) is 0 Å². The molecule has 0 saturated heterocycles. The number of aliphatic hydroxyl groups excluding tert-OH is 2. The molecule has 41 heavy (non-hydrogen) atoms. The van der Waals surface area contributed by atoms with Crippen molar-refractivity contribution in [2.75, 3.05) is 0 Å². The summed E-state index contributed by atoms with van der Waals surface area (Å²) >= 11 is 0. The minimum Gasteiger partial charge on any atom is -0.420 e. The van der Waals surface area contributed by atoms with Crippen LogP contribution in [0.4, 0.5) is 0 Å². The SMILES string of the molecule is CC(C(O)c1ccccc1)C(O)c1ccccc1.Cc1cc(C)c(OC(=O)C(=O)c2c(C)cc(C)cc2C)c(C)c1. The van der Waals surface area contributed by atoms with Crippen molar-refractivity contribution in [3.8, 4) is 5.75 Å². The van der Waals surface area contributed by atoms with E-state index in [9.17, 15) is 19.8 Å². The van der Waals surface area contributed by atoms with Gasteiger partial charge in [-0.3, -0.25) is 4.79 Å². The maximum Gasteiger partial charge on any atom is 0.385 e. The Morgan fingerprint density at radius 2 is 0.976 bits per heavy atom. The second-order valence-electron chi connectivity index (χ2n) is 10.8. The van der Waals surface area contributed by atoms with E-state index >= 15 is 0 Å². The van der Waals surface area contributed by atoms with Gasteiger partial charge in [-0.25, -0.2) is 4.79 Å².